The van der Waals surface area contributed by atoms with Gasteiger partial charge in [0, 0.05) is 26.1 Å². The Morgan fingerprint density at radius 2 is 2.18 bits per heavy atom. The van der Waals surface area contributed by atoms with E-state index in [-0.39, 0.29) is 10.7 Å². The largest absolute Gasteiger partial charge is 0.469 e. The fraction of sp³-hybridized carbons (Fsp3) is 0.476. The molecule has 1 aliphatic carbocycles. The maximum absolute atomic E-state index is 6.83. The smallest absolute Gasteiger partial charge is 0.135 e. The zero-order valence-corrected chi connectivity index (χ0v) is 17.5. The highest BCUT2D eigenvalue weighted by Crippen LogP contribution is 2.52. The SMILES string of the molecule is CN(C)c1nc2c(c3c1CCC3(C)C)C1=NC=NC(N)(Cc3ccco3)C1S2. The predicted molar refractivity (Wildman–Crippen MR) is 114 cm³/mol. The second kappa shape index (κ2) is 5.94. The first kappa shape index (κ1) is 17.9. The molecular weight excluding hydrogens is 370 g/mol. The third kappa shape index (κ3) is 2.49. The van der Waals surface area contributed by atoms with Crippen LogP contribution in [0.4, 0.5) is 5.82 Å². The lowest BCUT2D eigenvalue weighted by atomic mass is 9.81. The van der Waals surface area contributed by atoms with E-state index in [2.05, 4.69) is 37.8 Å². The summed E-state index contributed by atoms with van der Waals surface area (Å²) in [5.74, 6) is 1.91. The Balaban J connectivity index is 1.65. The molecular formula is C21H25N5OS. The van der Waals surface area contributed by atoms with E-state index in [9.17, 15) is 0 Å². The Labute approximate surface area is 169 Å². The van der Waals surface area contributed by atoms with Crippen LogP contribution in [0.2, 0.25) is 0 Å². The lowest BCUT2D eigenvalue weighted by Gasteiger charge is -2.32. The van der Waals surface area contributed by atoms with Crippen LogP contribution < -0.4 is 10.6 Å². The number of thioether (sulfide) groups is 1. The van der Waals surface area contributed by atoms with Gasteiger partial charge < -0.3 is 15.1 Å². The molecule has 0 bridgehead atoms. The summed E-state index contributed by atoms with van der Waals surface area (Å²) in [6.45, 7) is 4.65. The number of nitrogens with two attached hydrogens (primary N) is 1. The van der Waals surface area contributed by atoms with Crippen LogP contribution in [0.15, 0.2) is 37.8 Å². The molecule has 0 amide bonds. The summed E-state index contributed by atoms with van der Waals surface area (Å²) >= 11 is 1.70. The zero-order chi connectivity index (χ0) is 19.7. The quantitative estimate of drug-likeness (QED) is 0.863. The zero-order valence-electron chi connectivity index (χ0n) is 16.7. The first-order valence-corrected chi connectivity index (χ1v) is 10.5. The van der Waals surface area contributed by atoms with Gasteiger partial charge in [0.2, 0.25) is 0 Å². The maximum atomic E-state index is 6.83. The van der Waals surface area contributed by atoms with Crippen LogP contribution in [0.25, 0.3) is 0 Å². The molecule has 2 N–H and O–H groups in total. The fourth-order valence-corrected chi connectivity index (χ4v) is 6.02. The minimum absolute atomic E-state index is 0.0667. The number of pyridine rings is 1. The van der Waals surface area contributed by atoms with Crippen LogP contribution in [0.3, 0.4) is 0 Å². The molecule has 2 aliphatic heterocycles. The molecule has 0 saturated carbocycles. The van der Waals surface area contributed by atoms with E-state index in [1.165, 1.54) is 16.7 Å². The van der Waals surface area contributed by atoms with E-state index in [0.29, 0.717) is 6.42 Å². The van der Waals surface area contributed by atoms with Crippen molar-refractivity contribution in [3.63, 3.8) is 0 Å². The number of hydrogen-bond donors (Lipinski definition) is 1. The van der Waals surface area contributed by atoms with Crippen LogP contribution in [-0.4, -0.2) is 42.0 Å². The van der Waals surface area contributed by atoms with Gasteiger partial charge in [-0.2, -0.15) is 0 Å². The topological polar surface area (TPSA) is 80.0 Å². The first-order chi connectivity index (χ1) is 13.3. The van der Waals surface area contributed by atoms with E-state index in [1.807, 2.05) is 12.1 Å². The van der Waals surface area contributed by atoms with Crippen molar-refractivity contribution in [2.45, 2.75) is 54.5 Å². The maximum Gasteiger partial charge on any atom is 0.135 e. The van der Waals surface area contributed by atoms with Crippen LogP contribution in [0.5, 0.6) is 0 Å². The van der Waals surface area contributed by atoms with Gasteiger partial charge in [0.15, 0.2) is 0 Å². The Kier molecular flexibility index (Phi) is 3.81. The highest BCUT2D eigenvalue weighted by molar-refractivity contribution is 8.01. The fourth-order valence-electron chi connectivity index (χ4n) is 4.69. The number of furan rings is 1. The molecule has 146 valence electrons. The van der Waals surface area contributed by atoms with E-state index in [0.717, 1.165) is 35.2 Å². The Bertz CT molecular complexity index is 1010. The van der Waals surface area contributed by atoms with Crippen LogP contribution in [0.1, 0.15) is 42.7 Å². The number of fused-ring (bicyclic) bond motifs is 5. The summed E-state index contributed by atoms with van der Waals surface area (Å²) in [4.78, 5) is 16.5. The van der Waals surface area contributed by atoms with Gasteiger partial charge in [0.05, 0.1) is 17.2 Å². The summed E-state index contributed by atoms with van der Waals surface area (Å²) < 4.78 is 5.56. The molecule has 0 fully saturated rings. The molecule has 0 radical (unpaired) electrons. The molecule has 28 heavy (non-hydrogen) atoms. The van der Waals surface area contributed by atoms with Crippen LogP contribution >= 0.6 is 11.8 Å². The number of hydrogen-bond acceptors (Lipinski definition) is 7. The first-order valence-electron chi connectivity index (χ1n) is 9.64. The molecule has 2 unspecified atom stereocenters. The van der Waals surface area contributed by atoms with E-state index < -0.39 is 5.66 Å². The van der Waals surface area contributed by atoms with Crippen molar-refractivity contribution < 1.29 is 4.42 Å². The summed E-state index contributed by atoms with van der Waals surface area (Å²) in [6, 6.07) is 3.84. The van der Waals surface area contributed by atoms with Gasteiger partial charge in [-0.05, 0) is 41.5 Å². The molecule has 0 saturated heterocycles. The lowest BCUT2D eigenvalue weighted by molar-refractivity contribution is 0.406. The molecule has 7 heteroatoms. The highest BCUT2D eigenvalue weighted by atomic mass is 32.2. The second-order valence-electron chi connectivity index (χ2n) is 8.75. The molecule has 0 aromatic carbocycles. The van der Waals surface area contributed by atoms with Crippen molar-refractivity contribution >= 4 is 29.6 Å². The number of aromatic nitrogens is 1. The standard InChI is InChI=1S/C21H25N5OS/c1-20(2)8-7-13-15(20)14-16-17(28-19(14)25-18(13)26(3)4)21(22,24-11-23-16)10-12-6-5-9-27-12/h5-6,9,11,17H,7-8,10,22H2,1-4H3. The minimum atomic E-state index is -0.797. The van der Waals surface area contributed by atoms with Crippen molar-refractivity contribution in [2.24, 2.45) is 15.7 Å². The van der Waals surface area contributed by atoms with Crippen molar-refractivity contribution in [2.75, 3.05) is 19.0 Å². The van der Waals surface area contributed by atoms with Crippen molar-refractivity contribution in [3.8, 4) is 0 Å². The molecule has 3 aliphatic rings. The highest BCUT2D eigenvalue weighted by Gasteiger charge is 2.50. The second-order valence-corrected chi connectivity index (χ2v) is 9.85. The van der Waals surface area contributed by atoms with Gasteiger partial charge in [0.1, 0.15) is 28.6 Å². The van der Waals surface area contributed by atoms with E-state index in [4.69, 9.17) is 20.1 Å². The summed E-state index contributed by atoms with van der Waals surface area (Å²) in [6.07, 6.45) is 6.01. The van der Waals surface area contributed by atoms with Gasteiger partial charge >= 0.3 is 0 Å². The van der Waals surface area contributed by atoms with Crippen molar-refractivity contribution in [3.05, 3.63) is 40.8 Å². The summed E-state index contributed by atoms with van der Waals surface area (Å²) in [7, 11) is 4.13. The molecule has 0 spiro atoms. The average molecular weight is 396 g/mol. The molecule has 6 nitrogen and oxygen atoms in total. The molecule has 2 aromatic rings. The Hall–Kier alpha value is -2.12. The van der Waals surface area contributed by atoms with Gasteiger partial charge in [-0.25, -0.2) is 15.0 Å². The lowest BCUT2D eigenvalue weighted by Crippen LogP contribution is -2.53. The molecule has 2 atom stereocenters. The van der Waals surface area contributed by atoms with Gasteiger partial charge in [-0.15, -0.1) is 0 Å². The molecule has 2 aromatic heterocycles. The third-order valence-corrected chi connectivity index (χ3v) is 7.45. The molecule has 4 heterocycles. The van der Waals surface area contributed by atoms with E-state index in [1.54, 1.807) is 24.4 Å². The predicted octanol–water partition coefficient (Wildman–Crippen LogP) is 3.17. The molecule has 5 rings (SSSR count). The van der Waals surface area contributed by atoms with Crippen molar-refractivity contribution in [1.82, 2.24) is 4.98 Å². The Morgan fingerprint density at radius 1 is 1.36 bits per heavy atom. The van der Waals surface area contributed by atoms with Gasteiger partial charge in [-0.3, -0.25) is 0 Å². The normalized spacial score (nSPS) is 26.6. The third-order valence-electron chi connectivity index (χ3n) is 6.06. The van der Waals surface area contributed by atoms with Crippen LogP contribution in [-0.2, 0) is 18.3 Å². The van der Waals surface area contributed by atoms with Gasteiger partial charge in [-0.1, -0.05) is 25.6 Å². The van der Waals surface area contributed by atoms with Crippen molar-refractivity contribution in [1.29, 1.82) is 0 Å². The Morgan fingerprint density at radius 3 is 2.89 bits per heavy atom. The van der Waals surface area contributed by atoms with E-state index >= 15 is 0 Å². The van der Waals surface area contributed by atoms with Gasteiger partial charge in [0.25, 0.3) is 0 Å². The number of nitrogens with zero attached hydrogens (tertiary/aromatic N) is 4. The number of aliphatic imine (C=N–C) groups is 2. The summed E-state index contributed by atoms with van der Waals surface area (Å²) in [5, 5.41) is 0.962. The number of anilines is 1. The number of rotatable bonds is 3. The summed E-state index contributed by atoms with van der Waals surface area (Å²) in [5.41, 5.74) is 11.1. The minimum Gasteiger partial charge on any atom is -0.469 e. The monoisotopic (exact) mass is 395 g/mol. The van der Waals surface area contributed by atoms with Crippen LogP contribution in [0, 0.1) is 0 Å². The average Bonchev–Trinajstić information content (AvgIpc) is 3.33.